The van der Waals surface area contributed by atoms with E-state index in [0.717, 1.165) is 33.4 Å². The maximum atomic E-state index is 12.7. The van der Waals surface area contributed by atoms with E-state index in [1.165, 1.54) is 0 Å². The number of aromatic nitrogens is 2. The Morgan fingerprint density at radius 1 is 1.06 bits per heavy atom. The molecule has 36 heavy (non-hydrogen) atoms. The summed E-state index contributed by atoms with van der Waals surface area (Å²) in [6, 6.07) is 20.9. The number of nitrogens with zero attached hydrogens (tertiary/aromatic N) is 1. The number of aryl methyl sites for hydroxylation is 1. The second-order valence-electron chi connectivity index (χ2n) is 8.88. The van der Waals surface area contributed by atoms with Gasteiger partial charge >= 0.3 is 5.97 Å². The molecule has 0 fully saturated rings. The van der Waals surface area contributed by atoms with Crippen LogP contribution in [0.2, 0.25) is 0 Å². The van der Waals surface area contributed by atoms with E-state index in [1.807, 2.05) is 61.5 Å². The Morgan fingerprint density at radius 3 is 2.56 bits per heavy atom. The standard InChI is InChI=1S/C28H30N4O4/c1-18-5-2-3-7-23(18)30-28-31-24-13-8-19(15-25(24)32-28)16-26(34)29-22-11-9-20(10-12-22)21(6-4-14-33)17-27(35)36/h2-3,5,7-13,15,21,33H,4,6,14,16-17H2,1H3,(H,29,34)(H,35,36)(H2,30,31,32). The maximum Gasteiger partial charge on any atom is 0.303 e. The predicted octanol–water partition coefficient (Wildman–Crippen LogP) is 5.13. The molecule has 0 saturated heterocycles. The van der Waals surface area contributed by atoms with Crippen LogP contribution in [-0.4, -0.2) is 38.7 Å². The van der Waals surface area contributed by atoms with Crippen LogP contribution in [0.3, 0.4) is 0 Å². The SMILES string of the molecule is Cc1ccccc1Nc1nc2ccc(CC(=O)Nc3ccc(C(CCCO)CC(=O)O)cc3)cc2[nH]1. The minimum atomic E-state index is -0.873. The lowest BCUT2D eigenvalue weighted by molar-refractivity contribution is -0.137. The van der Waals surface area contributed by atoms with Gasteiger partial charge in [0.05, 0.1) is 23.9 Å². The highest BCUT2D eigenvalue weighted by Gasteiger charge is 2.16. The van der Waals surface area contributed by atoms with Crippen molar-refractivity contribution in [2.45, 2.75) is 38.5 Å². The van der Waals surface area contributed by atoms with Crippen molar-refractivity contribution in [3.8, 4) is 0 Å². The molecular weight excluding hydrogens is 456 g/mol. The zero-order valence-corrected chi connectivity index (χ0v) is 20.1. The van der Waals surface area contributed by atoms with Crippen LogP contribution in [0.5, 0.6) is 0 Å². The van der Waals surface area contributed by atoms with Gasteiger partial charge in [-0.25, -0.2) is 4.98 Å². The van der Waals surface area contributed by atoms with Crippen molar-refractivity contribution < 1.29 is 19.8 Å². The van der Waals surface area contributed by atoms with E-state index in [4.69, 9.17) is 5.11 Å². The molecular formula is C28H30N4O4. The van der Waals surface area contributed by atoms with Gasteiger partial charge in [0, 0.05) is 18.0 Å². The first-order valence-corrected chi connectivity index (χ1v) is 11.9. The van der Waals surface area contributed by atoms with Crippen LogP contribution in [0.25, 0.3) is 11.0 Å². The summed E-state index contributed by atoms with van der Waals surface area (Å²) in [6.07, 6.45) is 1.34. The number of H-pyrrole nitrogens is 1. The topological polar surface area (TPSA) is 127 Å². The number of aliphatic hydroxyl groups is 1. The highest BCUT2D eigenvalue weighted by Crippen LogP contribution is 2.26. The molecule has 186 valence electrons. The number of rotatable bonds is 11. The molecule has 1 aromatic heterocycles. The molecule has 0 saturated carbocycles. The maximum absolute atomic E-state index is 12.7. The van der Waals surface area contributed by atoms with Gasteiger partial charge in [0.1, 0.15) is 0 Å². The van der Waals surface area contributed by atoms with Gasteiger partial charge in [-0.15, -0.1) is 0 Å². The molecule has 4 aromatic rings. The molecule has 0 aliphatic carbocycles. The summed E-state index contributed by atoms with van der Waals surface area (Å²) < 4.78 is 0. The van der Waals surface area contributed by atoms with Gasteiger partial charge in [-0.05, 0) is 72.7 Å². The fourth-order valence-electron chi connectivity index (χ4n) is 4.23. The fourth-order valence-corrected chi connectivity index (χ4v) is 4.23. The van der Waals surface area contributed by atoms with Gasteiger partial charge in [-0.3, -0.25) is 9.59 Å². The van der Waals surface area contributed by atoms with Crippen molar-refractivity contribution in [2.75, 3.05) is 17.2 Å². The summed E-state index contributed by atoms with van der Waals surface area (Å²) in [5, 5.41) is 24.5. The molecule has 5 N–H and O–H groups in total. The third kappa shape index (κ3) is 6.49. The normalized spacial score (nSPS) is 11.8. The summed E-state index contributed by atoms with van der Waals surface area (Å²) in [7, 11) is 0. The average Bonchev–Trinajstić information content (AvgIpc) is 3.25. The molecule has 0 radical (unpaired) electrons. The lowest BCUT2D eigenvalue weighted by Crippen LogP contribution is -2.14. The molecule has 8 heteroatoms. The van der Waals surface area contributed by atoms with Crippen molar-refractivity contribution in [1.29, 1.82) is 0 Å². The zero-order chi connectivity index (χ0) is 25.5. The third-order valence-electron chi connectivity index (χ3n) is 6.11. The number of carboxylic acids is 1. The molecule has 8 nitrogen and oxygen atoms in total. The Kier molecular flexibility index (Phi) is 7.97. The highest BCUT2D eigenvalue weighted by atomic mass is 16.4. The van der Waals surface area contributed by atoms with Crippen molar-refractivity contribution in [1.82, 2.24) is 9.97 Å². The van der Waals surface area contributed by atoms with Crippen LogP contribution in [0, 0.1) is 6.92 Å². The number of amides is 1. The summed E-state index contributed by atoms with van der Waals surface area (Å²) >= 11 is 0. The first kappa shape index (κ1) is 24.9. The number of hydrogen-bond acceptors (Lipinski definition) is 5. The Hall–Kier alpha value is -4.17. The van der Waals surface area contributed by atoms with Crippen molar-refractivity contribution in [3.63, 3.8) is 0 Å². The van der Waals surface area contributed by atoms with Gasteiger partial charge in [-0.2, -0.15) is 0 Å². The van der Waals surface area contributed by atoms with Crippen molar-refractivity contribution in [3.05, 3.63) is 83.4 Å². The molecule has 1 unspecified atom stereocenters. The Balaban J connectivity index is 1.38. The van der Waals surface area contributed by atoms with Gasteiger partial charge in [0.2, 0.25) is 11.9 Å². The van der Waals surface area contributed by atoms with Crippen molar-refractivity contribution in [2.24, 2.45) is 0 Å². The number of carbonyl (C=O) groups is 2. The fraction of sp³-hybridized carbons (Fsp3) is 0.250. The van der Waals surface area contributed by atoms with Crippen LogP contribution >= 0.6 is 0 Å². The number of hydrogen-bond donors (Lipinski definition) is 5. The first-order valence-electron chi connectivity index (χ1n) is 11.9. The molecule has 0 spiro atoms. The number of aliphatic carboxylic acids is 1. The van der Waals surface area contributed by atoms with Crippen LogP contribution in [-0.2, 0) is 16.0 Å². The zero-order valence-electron chi connectivity index (χ0n) is 20.1. The lowest BCUT2D eigenvalue weighted by Gasteiger charge is -2.15. The summed E-state index contributed by atoms with van der Waals surface area (Å²) in [5.41, 5.74) is 6.12. The minimum absolute atomic E-state index is 0.00394. The molecule has 0 aliphatic rings. The van der Waals surface area contributed by atoms with Crippen LogP contribution in [0.1, 0.15) is 41.9 Å². The van der Waals surface area contributed by atoms with E-state index in [2.05, 4.69) is 20.6 Å². The molecule has 4 rings (SSSR count). The number of anilines is 3. The summed E-state index contributed by atoms with van der Waals surface area (Å²) in [5.74, 6) is -0.559. The minimum Gasteiger partial charge on any atom is -0.481 e. The third-order valence-corrected chi connectivity index (χ3v) is 6.11. The second-order valence-corrected chi connectivity index (χ2v) is 8.88. The number of aliphatic hydroxyl groups excluding tert-OH is 1. The molecule has 1 amide bonds. The molecule has 1 atom stereocenters. The number of imidazole rings is 1. The molecule has 3 aromatic carbocycles. The van der Waals surface area contributed by atoms with Crippen molar-refractivity contribution >= 4 is 40.2 Å². The Labute approximate surface area is 209 Å². The van der Waals surface area contributed by atoms with E-state index in [0.29, 0.717) is 24.5 Å². The lowest BCUT2D eigenvalue weighted by atomic mass is 9.91. The second kappa shape index (κ2) is 11.5. The average molecular weight is 487 g/mol. The van der Waals surface area contributed by atoms with Crippen LogP contribution in [0.15, 0.2) is 66.7 Å². The number of aromatic amines is 1. The van der Waals surface area contributed by atoms with E-state index >= 15 is 0 Å². The van der Waals surface area contributed by atoms with Crippen LogP contribution < -0.4 is 10.6 Å². The number of para-hydroxylation sites is 1. The number of nitrogens with one attached hydrogen (secondary N) is 3. The number of carboxylic acid groups (broad SMARTS) is 1. The number of carbonyl (C=O) groups excluding carboxylic acids is 1. The monoisotopic (exact) mass is 486 g/mol. The Bertz CT molecular complexity index is 1350. The summed E-state index contributed by atoms with van der Waals surface area (Å²) in [4.78, 5) is 31.7. The molecule has 1 heterocycles. The number of fused-ring (bicyclic) bond motifs is 1. The van der Waals surface area contributed by atoms with Gasteiger partial charge in [0.25, 0.3) is 0 Å². The van der Waals surface area contributed by atoms with Gasteiger partial charge in [0.15, 0.2) is 0 Å². The van der Waals surface area contributed by atoms with Crippen LogP contribution in [0.4, 0.5) is 17.3 Å². The molecule has 0 bridgehead atoms. The van der Waals surface area contributed by atoms with Gasteiger partial charge < -0.3 is 25.8 Å². The Morgan fingerprint density at radius 2 is 1.83 bits per heavy atom. The largest absolute Gasteiger partial charge is 0.481 e. The van der Waals surface area contributed by atoms with E-state index in [-0.39, 0.29) is 31.3 Å². The van der Waals surface area contributed by atoms with E-state index < -0.39 is 5.97 Å². The van der Waals surface area contributed by atoms with E-state index in [9.17, 15) is 14.7 Å². The quantitative estimate of drug-likeness (QED) is 0.200. The first-order chi connectivity index (χ1) is 17.4. The molecule has 0 aliphatic heterocycles. The van der Waals surface area contributed by atoms with Gasteiger partial charge in [-0.1, -0.05) is 36.4 Å². The highest BCUT2D eigenvalue weighted by molar-refractivity contribution is 5.93. The van der Waals surface area contributed by atoms with E-state index in [1.54, 1.807) is 12.1 Å². The number of benzene rings is 3. The predicted molar refractivity (Wildman–Crippen MR) is 141 cm³/mol. The summed E-state index contributed by atoms with van der Waals surface area (Å²) in [6.45, 7) is 2.06. The smallest absolute Gasteiger partial charge is 0.303 e.